The number of benzene rings is 2. The molecule has 31 heavy (non-hydrogen) atoms. The van der Waals surface area contributed by atoms with Crippen LogP contribution in [0.1, 0.15) is 48.2 Å². The lowest BCUT2D eigenvalue weighted by molar-refractivity contribution is -0.128. The minimum Gasteiger partial charge on any atom is -0.326 e. The summed E-state index contributed by atoms with van der Waals surface area (Å²) in [6.07, 6.45) is 0.865. The zero-order valence-corrected chi connectivity index (χ0v) is 19.1. The lowest BCUT2D eigenvalue weighted by Crippen LogP contribution is -2.34. The van der Waals surface area contributed by atoms with Gasteiger partial charge in [-0.3, -0.25) is 19.3 Å². The van der Waals surface area contributed by atoms with Crippen molar-refractivity contribution in [3.63, 3.8) is 0 Å². The summed E-state index contributed by atoms with van der Waals surface area (Å²) in [6.45, 7) is 8.13. The number of amides is 2. The molecule has 3 rings (SSSR count). The molecule has 2 aromatic rings. The molecule has 1 aliphatic heterocycles. The Balaban J connectivity index is 1.73. The molecule has 1 fully saturated rings. The first-order valence-electron chi connectivity index (χ1n) is 10.3. The molecule has 2 amide bonds. The fourth-order valence-corrected chi connectivity index (χ4v) is 4.46. The number of carbonyl (C=O) groups excluding carboxylic acids is 3. The maximum Gasteiger partial charge on any atom is 0.242 e. The van der Waals surface area contributed by atoms with Crippen molar-refractivity contribution in [3.8, 4) is 0 Å². The number of amidine groups is 1. The van der Waals surface area contributed by atoms with Crippen LogP contribution in [0.2, 0.25) is 0 Å². The summed E-state index contributed by atoms with van der Waals surface area (Å²) in [5.74, 6) is -0.360. The fourth-order valence-electron chi connectivity index (χ4n) is 3.28. The van der Waals surface area contributed by atoms with Crippen molar-refractivity contribution >= 4 is 45.9 Å². The number of anilines is 1. The van der Waals surface area contributed by atoms with E-state index in [1.807, 2.05) is 39.0 Å². The summed E-state index contributed by atoms with van der Waals surface area (Å²) >= 11 is 1.34. The van der Waals surface area contributed by atoms with Gasteiger partial charge in [-0.1, -0.05) is 30.8 Å². The molecule has 6 nitrogen and oxygen atoms in total. The predicted molar refractivity (Wildman–Crippen MR) is 126 cm³/mol. The first-order valence-corrected chi connectivity index (χ1v) is 11.2. The van der Waals surface area contributed by atoms with Crippen molar-refractivity contribution in [2.45, 2.75) is 45.8 Å². The Hall–Kier alpha value is -2.93. The van der Waals surface area contributed by atoms with Crippen molar-refractivity contribution in [2.24, 2.45) is 4.99 Å². The van der Waals surface area contributed by atoms with Crippen LogP contribution < -0.4 is 5.32 Å². The molecular weight excluding hydrogens is 410 g/mol. The maximum atomic E-state index is 13.0. The SMILES string of the molecule is CCCN1C(=O)C(CC(=O)Nc2ccc(C(C)=O)cc2)SC1=Nc1cccc(C)c1C. The average Bonchev–Trinajstić information content (AvgIpc) is 3.01. The van der Waals surface area contributed by atoms with E-state index < -0.39 is 5.25 Å². The summed E-state index contributed by atoms with van der Waals surface area (Å²) in [5.41, 5.74) is 4.24. The van der Waals surface area contributed by atoms with Crippen molar-refractivity contribution in [2.75, 3.05) is 11.9 Å². The molecule has 162 valence electrons. The number of thioether (sulfide) groups is 1. The van der Waals surface area contributed by atoms with Crippen LogP contribution in [0, 0.1) is 13.8 Å². The quantitative estimate of drug-likeness (QED) is 0.627. The standard InChI is InChI=1S/C24H27N3O3S/c1-5-13-27-23(30)21(31-24(27)26-20-8-6-7-15(2)16(20)3)14-22(29)25-19-11-9-18(10-12-19)17(4)28/h6-12,21H,5,13-14H2,1-4H3,(H,25,29). The van der Waals surface area contributed by atoms with Gasteiger partial charge < -0.3 is 5.32 Å². The molecule has 0 saturated carbocycles. The molecule has 1 saturated heterocycles. The molecule has 1 unspecified atom stereocenters. The highest BCUT2D eigenvalue weighted by Crippen LogP contribution is 2.33. The van der Waals surface area contributed by atoms with E-state index in [0.29, 0.717) is 23.0 Å². The van der Waals surface area contributed by atoms with E-state index in [2.05, 4.69) is 5.32 Å². The van der Waals surface area contributed by atoms with Crippen molar-refractivity contribution in [1.29, 1.82) is 0 Å². The second-order valence-corrected chi connectivity index (χ2v) is 8.77. The second kappa shape index (κ2) is 9.92. The molecule has 2 aromatic carbocycles. The van der Waals surface area contributed by atoms with Crippen LogP contribution in [0.15, 0.2) is 47.5 Å². The van der Waals surface area contributed by atoms with E-state index in [1.54, 1.807) is 29.2 Å². The smallest absolute Gasteiger partial charge is 0.242 e. The Morgan fingerprint density at radius 1 is 1.13 bits per heavy atom. The molecule has 0 spiro atoms. The normalized spacial score (nSPS) is 17.3. The number of aliphatic imine (C=N–C) groups is 1. The van der Waals surface area contributed by atoms with E-state index in [9.17, 15) is 14.4 Å². The lowest BCUT2D eigenvalue weighted by atomic mass is 10.1. The van der Waals surface area contributed by atoms with Gasteiger partial charge in [0.05, 0.1) is 5.69 Å². The highest BCUT2D eigenvalue weighted by molar-refractivity contribution is 8.15. The van der Waals surface area contributed by atoms with Gasteiger partial charge in [0.1, 0.15) is 5.25 Å². The number of hydrogen-bond acceptors (Lipinski definition) is 5. The van der Waals surface area contributed by atoms with Crippen LogP contribution in [0.25, 0.3) is 0 Å². The molecule has 1 heterocycles. The van der Waals surface area contributed by atoms with Gasteiger partial charge in [0.2, 0.25) is 11.8 Å². The van der Waals surface area contributed by atoms with Gasteiger partial charge in [0, 0.05) is 24.2 Å². The third-order valence-electron chi connectivity index (χ3n) is 5.21. The third kappa shape index (κ3) is 5.41. The van der Waals surface area contributed by atoms with Crippen molar-refractivity contribution in [3.05, 3.63) is 59.2 Å². The molecule has 1 atom stereocenters. The maximum absolute atomic E-state index is 13.0. The largest absolute Gasteiger partial charge is 0.326 e. The minimum absolute atomic E-state index is 0.0301. The molecular formula is C24H27N3O3S. The van der Waals surface area contributed by atoms with Crippen LogP contribution in [-0.2, 0) is 9.59 Å². The number of rotatable bonds is 7. The number of nitrogens with one attached hydrogen (secondary N) is 1. The van der Waals surface area contributed by atoms with Crippen molar-refractivity contribution < 1.29 is 14.4 Å². The van der Waals surface area contributed by atoms with E-state index in [-0.39, 0.29) is 24.0 Å². The zero-order chi connectivity index (χ0) is 22.5. The Labute approximate surface area is 187 Å². The summed E-state index contributed by atoms with van der Waals surface area (Å²) in [5, 5.41) is 2.94. The van der Waals surface area contributed by atoms with Gasteiger partial charge >= 0.3 is 0 Å². The Kier molecular flexibility index (Phi) is 7.28. The monoisotopic (exact) mass is 437 g/mol. The molecule has 0 aromatic heterocycles. The number of ketones is 1. The van der Waals surface area contributed by atoms with Crippen LogP contribution in [-0.4, -0.2) is 39.5 Å². The second-order valence-electron chi connectivity index (χ2n) is 7.60. The Bertz CT molecular complexity index is 1030. The number of aryl methyl sites for hydroxylation is 1. The van der Waals surface area contributed by atoms with Crippen LogP contribution in [0.5, 0.6) is 0 Å². The minimum atomic E-state index is -0.507. The van der Waals surface area contributed by atoms with Crippen molar-refractivity contribution in [1.82, 2.24) is 4.90 Å². The Morgan fingerprint density at radius 2 is 1.84 bits per heavy atom. The zero-order valence-electron chi connectivity index (χ0n) is 18.3. The molecule has 0 aliphatic carbocycles. The van der Waals surface area contributed by atoms with Crippen LogP contribution in [0.4, 0.5) is 11.4 Å². The van der Waals surface area contributed by atoms with Crippen LogP contribution in [0.3, 0.4) is 0 Å². The molecule has 0 bridgehead atoms. The number of carbonyl (C=O) groups is 3. The third-order valence-corrected chi connectivity index (χ3v) is 6.38. The van der Waals surface area contributed by atoms with Gasteiger partial charge in [0.15, 0.2) is 11.0 Å². The highest BCUT2D eigenvalue weighted by Gasteiger charge is 2.38. The lowest BCUT2D eigenvalue weighted by Gasteiger charge is -2.15. The highest BCUT2D eigenvalue weighted by atomic mass is 32.2. The number of Topliss-reactive ketones (excluding diaryl/α,β-unsaturated/α-hetero) is 1. The molecule has 7 heteroatoms. The number of nitrogens with zero attached hydrogens (tertiary/aromatic N) is 2. The fraction of sp³-hybridized carbons (Fsp3) is 0.333. The molecule has 1 N–H and O–H groups in total. The summed E-state index contributed by atoms with van der Waals surface area (Å²) in [4.78, 5) is 43.4. The topological polar surface area (TPSA) is 78.8 Å². The van der Waals surface area contributed by atoms with E-state index in [1.165, 1.54) is 18.7 Å². The van der Waals surface area contributed by atoms with E-state index in [0.717, 1.165) is 23.2 Å². The predicted octanol–water partition coefficient (Wildman–Crippen LogP) is 4.88. The first-order chi connectivity index (χ1) is 14.8. The van der Waals surface area contributed by atoms with Gasteiger partial charge in [-0.15, -0.1) is 0 Å². The van der Waals surface area contributed by atoms with Gasteiger partial charge in [0.25, 0.3) is 0 Å². The van der Waals surface area contributed by atoms with Gasteiger partial charge in [-0.25, -0.2) is 4.99 Å². The molecule has 0 radical (unpaired) electrons. The van der Waals surface area contributed by atoms with E-state index >= 15 is 0 Å². The molecule has 1 aliphatic rings. The van der Waals surface area contributed by atoms with Gasteiger partial charge in [-0.2, -0.15) is 0 Å². The Morgan fingerprint density at radius 3 is 2.48 bits per heavy atom. The van der Waals surface area contributed by atoms with Crippen LogP contribution >= 0.6 is 11.8 Å². The number of hydrogen-bond donors (Lipinski definition) is 1. The average molecular weight is 438 g/mol. The van der Waals surface area contributed by atoms with Gasteiger partial charge in [-0.05, 0) is 68.7 Å². The summed E-state index contributed by atoms with van der Waals surface area (Å²) in [7, 11) is 0. The summed E-state index contributed by atoms with van der Waals surface area (Å²) < 4.78 is 0. The summed E-state index contributed by atoms with van der Waals surface area (Å²) in [6, 6.07) is 12.7. The van der Waals surface area contributed by atoms with E-state index in [4.69, 9.17) is 4.99 Å². The first kappa shape index (κ1) is 22.7.